The highest BCUT2D eigenvalue weighted by atomic mass is 16.3. The molecule has 2 aromatic rings. The molecule has 0 spiro atoms. The summed E-state index contributed by atoms with van der Waals surface area (Å²) in [5, 5.41) is 17.2. The van der Waals surface area contributed by atoms with Crippen molar-refractivity contribution in [1.29, 1.82) is 0 Å². The zero-order valence-corrected chi connectivity index (χ0v) is 24.7. The van der Waals surface area contributed by atoms with E-state index in [1.54, 1.807) is 26.0 Å². The third-order valence-corrected chi connectivity index (χ3v) is 8.59. The number of carbonyl (C=O) groups is 3. The molecule has 0 saturated carbocycles. The van der Waals surface area contributed by atoms with Gasteiger partial charge in [0.05, 0.1) is 6.10 Å². The van der Waals surface area contributed by atoms with Crippen LogP contribution in [-0.4, -0.2) is 114 Å². The molecule has 2 saturated heterocycles. The second kappa shape index (κ2) is 13.5. The number of pyridine rings is 1. The summed E-state index contributed by atoms with van der Waals surface area (Å²) >= 11 is 0. The molecule has 2 fully saturated rings. The third kappa shape index (κ3) is 7.57. The molecule has 5 rings (SSSR count). The number of rotatable bonds is 8. The molecule has 1 aromatic heterocycles. The number of likely N-dealkylation sites (tertiary alicyclic amines) is 1. The molecule has 0 aliphatic carbocycles. The van der Waals surface area contributed by atoms with E-state index >= 15 is 0 Å². The molecule has 0 bridgehead atoms. The predicted octanol–water partition coefficient (Wildman–Crippen LogP) is 1.32. The van der Waals surface area contributed by atoms with Crippen LogP contribution in [-0.2, 0) is 22.6 Å². The first-order valence-electron chi connectivity index (χ1n) is 15.0. The summed E-state index contributed by atoms with van der Waals surface area (Å²) in [5.74, 6) is 1.17. The smallest absolute Gasteiger partial charge is 0.251 e. The molecule has 11 heteroatoms. The maximum absolute atomic E-state index is 13.3. The number of anilines is 2. The standard InChI is InChI=1S/C31H43N7O4/c1-22(39)36-11-8-27(9-12-36)33-29-17-26(18-30(34-29)38-15-13-37(14-16-38)23(2)40)31(42)32-19-28(41)21-35-10-7-24-5-3-4-6-25(24)20-35/h3-6,17-18,27-28,41H,7-16,19-21H2,1-2H3,(H,32,42)(H,33,34)/t28-/m0/s1. The fourth-order valence-electron chi connectivity index (χ4n) is 6.07. The Hall–Kier alpha value is -3.70. The molecule has 3 amide bonds. The zero-order valence-electron chi connectivity index (χ0n) is 24.7. The monoisotopic (exact) mass is 577 g/mol. The number of hydrogen-bond donors (Lipinski definition) is 3. The minimum absolute atomic E-state index is 0.0577. The number of piperidine rings is 1. The molecule has 0 radical (unpaired) electrons. The number of carbonyl (C=O) groups excluding carboxylic acids is 3. The van der Waals surface area contributed by atoms with Gasteiger partial charge >= 0.3 is 0 Å². The topological polar surface area (TPSA) is 121 Å². The fraction of sp³-hybridized carbons (Fsp3) is 0.548. The summed E-state index contributed by atoms with van der Waals surface area (Å²) in [7, 11) is 0. The summed E-state index contributed by atoms with van der Waals surface area (Å²) in [6.07, 6.45) is 1.87. The van der Waals surface area contributed by atoms with Crippen LogP contribution in [0.5, 0.6) is 0 Å². The van der Waals surface area contributed by atoms with Crippen molar-refractivity contribution < 1.29 is 19.5 Å². The van der Waals surface area contributed by atoms with E-state index in [-0.39, 0.29) is 30.3 Å². The molecule has 1 aromatic carbocycles. The van der Waals surface area contributed by atoms with E-state index in [2.05, 4.69) is 38.6 Å². The molecule has 11 nitrogen and oxygen atoms in total. The van der Waals surface area contributed by atoms with Gasteiger partial charge in [0.1, 0.15) is 11.6 Å². The van der Waals surface area contributed by atoms with Crippen LogP contribution in [0.4, 0.5) is 11.6 Å². The summed E-state index contributed by atoms with van der Waals surface area (Å²) in [6.45, 7) is 9.34. The Morgan fingerprint density at radius 1 is 0.929 bits per heavy atom. The van der Waals surface area contributed by atoms with Gasteiger partial charge in [-0.2, -0.15) is 0 Å². The third-order valence-electron chi connectivity index (χ3n) is 8.59. The number of fused-ring (bicyclic) bond motifs is 1. The summed E-state index contributed by atoms with van der Waals surface area (Å²) in [6, 6.07) is 12.1. The molecule has 0 unspecified atom stereocenters. The molecule has 1 atom stereocenters. The van der Waals surface area contributed by atoms with Gasteiger partial charge in [-0.1, -0.05) is 24.3 Å². The molecule has 4 heterocycles. The number of benzene rings is 1. The molecule has 3 aliphatic heterocycles. The van der Waals surface area contributed by atoms with E-state index in [9.17, 15) is 19.5 Å². The number of aliphatic hydroxyl groups excluding tert-OH is 1. The van der Waals surface area contributed by atoms with E-state index in [1.165, 1.54) is 11.1 Å². The highest BCUT2D eigenvalue weighted by molar-refractivity contribution is 5.95. The number of aromatic nitrogens is 1. The number of nitrogens with one attached hydrogen (secondary N) is 2. The lowest BCUT2D eigenvalue weighted by Crippen LogP contribution is -2.48. The van der Waals surface area contributed by atoms with Gasteiger partial charge in [-0.25, -0.2) is 4.98 Å². The Balaban J connectivity index is 1.22. The highest BCUT2D eigenvalue weighted by Crippen LogP contribution is 2.23. The largest absolute Gasteiger partial charge is 0.390 e. The van der Waals surface area contributed by atoms with Gasteiger partial charge < -0.3 is 30.4 Å². The molecule has 226 valence electrons. The van der Waals surface area contributed by atoms with E-state index in [0.29, 0.717) is 63.0 Å². The molecular weight excluding hydrogens is 534 g/mol. The van der Waals surface area contributed by atoms with Crippen LogP contribution in [0.3, 0.4) is 0 Å². The van der Waals surface area contributed by atoms with Gasteiger partial charge in [0.25, 0.3) is 5.91 Å². The SMILES string of the molecule is CC(=O)N1CCC(Nc2cc(C(=O)NC[C@H](O)CN3CCc4ccccc4C3)cc(N3CCN(C(C)=O)CC3)n2)CC1. The Labute approximate surface area is 247 Å². The van der Waals surface area contributed by atoms with Crippen LogP contribution >= 0.6 is 0 Å². The van der Waals surface area contributed by atoms with Crippen molar-refractivity contribution >= 4 is 29.4 Å². The van der Waals surface area contributed by atoms with Crippen molar-refractivity contribution in [3.8, 4) is 0 Å². The van der Waals surface area contributed by atoms with Gasteiger partial charge in [-0.3, -0.25) is 19.3 Å². The van der Waals surface area contributed by atoms with Gasteiger partial charge in [0, 0.05) is 90.9 Å². The Morgan fingerprint density at radius 3 is 2.29 bits per heavy atom. The number of aliphatic hydroxyl groups is 1. The van der Waals surface area contributed by atoms with Crippen molar-refractivity contribution in [2.75, 3.05) is 69.1 Å². The molecule has 3 aliphatic rings. The molecule has 42 heavy (non-hydrogen) atoms. The first-order valence-corrected chi connectivity index (χ1v) is 15.0. The summed E-state index contributed by atoms with van der Waals surface area (Å²) in [4.78, 5) is 49.7. The highest BCUT2D eigenvalue weighted by Gasteiger charge is 2.25. The first-order chi connectivity index (χ1) is 20.2. The number of hydrogen-bond acceptors (Lipinski definition) is 8. The number of piperazine rings is 1. The maximum Gasteiger partial charge on any atom is 0.251 e. The minimum atomic E-state index is -0.691. The minimum Gasteiger partial charge on any atom is -0.390 e. The Kier molecular flexibility index (Phi) is 9.58. The van der Waals surface area contributed by atoms with Crippen LogP contribution in [0, 0.1) is 0 Å². The van der Waals surface area contributed by atoms with Crippen LogP contribution in [0.2, 0.25) is 0 Å². The zero-order chi connectivity index (χ0) is 29.6. The first kappa shape index (κ1) is 29.8. The van der Waals surface area contributed by atoms with Gasteiger partial charge in [-0.05, 0) is 42.5 Å². The predicted molar refractivity (Wildman–Crippen MR) is 161 cm³/mol. The van der Waals surface area contributed by atoms with Crippen LogP contribution < -0.4 is 15.5 Å². The van der Waals surface area contributed by atoms with E-state index in [4.69, 9.17) is 4.98 Å². The van der Waals surface area contributed by atoms with Gasteiger partial charge in [0.2, 0.25) is 11.8 Å². The van der Waals surface area contributed by atoms with Crippen molar-refractivity contribution in [3.05, 3.63) is 53.1 Å². The maximum atomic E-state index is 13.3. The molecular formula is C31H43N7O4. The number of amides is 3. The Bertz CT molecular complexity index is 1270. The Morgan fingerprint density at radius 2 is 1.60 bits per heavy atom. The fourth-order valence-corrected chi connectivity index (χ4v) is 6.07. The summed E-state index contributed by atoms with van der Waals surface area (Å²) < 4.78 is 0. The second-order valence-electron chi connectivity index (χ2n) is 11.6. The lowest BCUT2D eigenvalue weighted by Gasteiger charge is -2.35. The average molecular weight is 578 g/mol. The normalized spacial score (nSPS) is 18.8. The van der Waals surface area contributed by atoms with Crippen molar-refractivity contribution in [3.63, 3.8) is 0 Å². The summed E-state index contributed by atoms with van der Waals surface area (Å²) in [5.41, 5.74) is 3.12. The lowest BCUT2D eigenvalue weighted by molar-refractivity contribution is -0.130. The van der Waals surface area contributed by atoms with Crippen LogP contribution in [0.1, 0.15) is 48.2 Å². The second-order valence-corrected chi connectivity index (χ2v) is 11.6. The van der Waals surface area contributed by atoms with Gasteiger partial charge in [-0.15, -0.1) is 0 Å². The van der Waals surface area contributed by atoms with Crippen molar-refractivity contribution in [2.45, 2.75) is 51.8 Å². The van der Waals surface area contributed by atoms with Crippen molar-refractivity contribution in [1.82, 2.24) is 25.0 Å². The quantitative estimate of drug-likeness (QED) is 0.430. The van der Waals surface area contributed by atoms with Crippen LogP contribution in [0.25, 0.3) is 0 Å². The number of β-amino-alcohol motifs (C(OH)–C–C–N with tert-alkyl or cyclic N) is 1. The van der Waals surface area contributed by atoms with E-state index < -0.39 is 6.10 Å². The van der Waals surface area contributed by atoms with E-state index in [0.717, 1.165) is 32.4 Å². The lowest BCUT2D eigenvalue weighted by atomic mass is 10.00. The number of nitrogens with zero attached hydrogens (tertiary/aromatic N) is 5. The van der Waals surface area contributed by atoms with Crippen molar-refractivity contribution in [2.24, 2.45) is 0 Å². The molecule has 3 N–H and O–H groups in total. The van der Waals surface area contributed by atoms with Crippen LogP contribution in [0.15, 0.2) is 36.4 Å². The van der Waals surface area contributed by atoms with E-state index in [1.807, 2.05) is 15.9 Å². The van der Waals surface area contributed by atoms with Gasteiger partial charge in [0.15, 0.2) is 0 Å². The average Bonchev–Trinajstić information content (AvgIpc) is 3.00.